The number of nitrogens with zero attached hydrogens (tertiary/aromatic N) is 3. The number of hydrogen-bond donors (Lipinski definition) is 2. The van der Waals surface area contributed by atoms with Gasteiger partial charge in [0.2, 0.25) is 0 Å². The summed E-state index contributed by atoms with van der Waals surface area (Å²) < 4.78 is 10.3. The Morgan fingerprint density at radius 3 is 2.60 bits per heavy atom. The van der Waals surface area contributed by atoms with Crippen LogP contribution in [0.4, 0.5) is 4.79 Å². The summed E-state index contributed by atoms with van der Waals surface area (Å²) in [4.78, 5) is 20.1. The molecule has 1 atom stereocenters. The first-order chi connectivity index (χ1) is 12.0. The lowest BCUT2D eigenvalue weighted by molar-refractivity contribution is 0.0433. The molecule has 0 bridgehead atoms. The maximum Gasteiger partial charge on any atom is 0.409 e. The average Bonchev–Trinajstić information content (AvgIpc) is 3.14. The Balaban J connectivity index is 1.97. The van der Waals surface area contributed by atoms with Crippen LogP contribution in [0.3, 0.4) is 0 Å². The molecule has 8 heteroatoms. The van der Waals surface area contributed by atoms with Gasteiger partial charge in [0.25, 0.3) is 0 Å². The molecule has 25 heavy (non-hydrogen) atoms. The molecule has 0 saturated carbocycles. The molecule has 1 aromatic heterocycles. The molecule has 1 amide bonds. The van der Waals surface area contributed by atoms with Crippen LogP contribution in [0.15, 0.2) is 27.8 Å². The number of hydrogen-bond acceptors (Lipinski definition) is 5. The number of rotatable bonds is 5. The third-order valence-corrected chi connectivity index (χ3v) is 4.03. The summed E-state index contributed by atoms with van der Waals surface area (Å²) >= 11 is 0. The van der Waals surface area contributed by atoms with Gasteiger partial charge in [0, 0.05) is 32.7 Å². The fourth-order valence-electron chi connectivity index (χ4n) is 2.63. The van der Waals surface area contributed by atoms with Gasteiger partial charge in [-0.05, 0) is 32.9 Å². The van der Waals surface area contributed by atoms with Gasteiger partial charge in [0.15, 0.2) is 5.96 Å². The van der Waals surface area contributed by atoms with E-state index in [1.807, 2.05) is 6.92 Å². The van der Waals surface area contributed by atoms with Gasteiger partial charge >= 0.3 is 6.09 Å². The molecule has 0 aromatic carbocycles. The minimum absolute atomic E-state index is 0.181. The third kappa shape index (κ3) is 5.12. The number of carbonyl (C=O) groups is 1. The summed E-state index contributed by atoms with van der Waals surface area (Å²) in [5.74, 6) is 1.21. The zero-order valence-corrected chi connectivity index (χ0v) is 15.2. The van der Waals surface area contributed by atoms with Gasteiger partial charge in [-0.25, -0.2) is 9.79 Å². The van der Waals surface area contributed by atoms with Crippen LogP contribution >= 0.6 is 0 Å². The number of nitrogens with one attached hydrogen (secondary N) is 1. The van der Waals surface area contributed by atoms with Gasteiger partial charge in [-0.2, -0.15) is 0 Å². The van der Waals surface area contributed by atoms with Gasteiger partial charge in [-0.1, -0.05) is 0 Å². The molecule has 2 N–H and O–H groups in total. The smallest absolute Gasteiger partial charge is 0.409 e. The Morgan fingerprint density at radius 2 is 2.04 bits per heavy atom. The second-order valence-electron chi connectivity index (χ2n) is 6.09. The van der Waals surface area contributed by atoms with Crippen LogP contribution in [-0.4, -0.2) is 72.8 Å². The second kappa shape index (κ2) is 8.75. The van der Waals surface area contributed by atoms with E-state index in [-0.39, 0.29) is 12.6 Å². The summed E-state index contributed by atoms with van der Waals surface area (Å²) in [5, 5.41) is 13.8. The standard InChI is InChI=1S/C17H28N4O4/c1-4-18-15(19-13-17(3,23)14-7-6-12-25-14)20-8-10-21(11-9-20)16(22)24-5-2/h6-7,12,23H,4-5,8-11,13H2,1-3H3,(H,18,19). The van der Waals surface area contributed by atoms with Gasteiger partial charge in [0.05, 0.1) is 19.4 Å². The maximum absolute atomic E-state index is 11.8. The summed E-state index contributed by atoms with van der Waals surface area (Å²) in [6, 6.07) is 3.48. The normalized spacial score (nSPS) is 18.0. The molecule has 2 rings (SSSR count). The molecular formula is C17H28N4O4. The lowest BCUT2D eigenvalue weighted by Crippen LogP contribution is -2.54. The number of aliphatic imine (C=N–C) groups is 1. The number of guanidine groups is 1. The Kier molecular flexibility index (Phi) is 6.69. The maximum atomic E-state index is 11.8. The quantitative estimate of drug-likeness (QED) is 0.612. The van der Waals surface area contributed by atoms with Crippen molar-refractivity contribution in [2.45, 2.75) is 26.4 Å². The van der Waals surface area contributed by atoms with E-state index in [2.05, 4.69) is 15.2 Å². The molecule has 2 heterocycles. The van der Waals surface area contributed by atoms with Gasteiger partial charge < -0.3 is 29.4 Å². The van der Waals surface area contributed by atoms with E-state index in [1.165, 1.54) is 6.26 Å². The molecule has 0 spiro atoms. The van der Waals surface area contributed by atoms with Gasteiger partial charge in [0.1, 0.15) is 11.4 Å². The van der Waals surface area contributed by atoms with Crippen LogP contribution in [0.2, 0.25) is 0 Å². The molecule has 0 aliphatic carbocycles. The van der Waals surface area contributed by atoms with E-state index in [1.54, 1.807) is 30.9 Å². The number of amides is 1. The Morgan fingerprint density at radius 1 is 1.36 bits per heavy atom. The minimum Gasteiger partial charge on any atom is -0.466 e. The van der Waals surface area contributed by atoms with Crippen molar-refractivity contribution in [1.82, 2.24) is 15.1 Å². The highest BCUT2D eigenvalue weighted by Gasteiger charge is 2.28. The van der Waals surface area contributed by atoms with Crippen LogP contribution < -0.4 is 5.32 Å². The van der Waals surface area contributed by atoms with Crippen LogP contribution in [0.25, 0.3) is 0 Å². The first-order valence-corrected chi connectivity index (χ1v) is 8.69. The molecule has 1 aliphatic rings. The molecule has 1 aromatic rings. The lowest BCUT2D eigenvalue weighted by Gasteiger charge is -2.36. The van der Waals surface area contributed by atoms with Gasteiger partial charge in [-0.15, -0.1) is 0 Å². The molecule has 1 saturated heterocycles. The predicted molar refractivity (Wildman–Crippen MR) is 94.4 cm³/mol. The number of furan rings is 1. The first-order valence-electron chi connectivity index (χ1n) is 8.69. The van der Waals surface area contributed by atoms with Crippen molar-refractivity contribution < 1.29 is 19.1 Å². The van der Waals surface area contributed by atoms with Crippen molar-refractivity contribution in [3.63, 3.8) is 0 Å². The lowest BCUT2D eigenvalue weighted by atomic mass is 10.0. The van der Waals surface area contributed by atoms with Crippen LogP contribution in [0.1, 0.15) is 26.5 Å². The third-order valence-electron chi connectivity index (χ3n) is 4.03. The van der Waals surface area contributed by atoms with Crippen molar-refractivity contribution in [2.24, 2.45) is 4.99 Å². The van der Waals surface area contributed by atoms with Gasteiger partial charge in [-0.3, -0.25) is 0 Å². The van der Waals surface area contributed by atoms with Crippen LogP contribution in [0.5, 0.6) is 0 Å². The van der Waals surface area contributed by atoms with Crippen molar-refractivity contribution in [2.75, 3.05) is 45.9 Å². The highest BCUT2D eigenvalue weighted by atomic mass is 16.6. The number of carbonyl (C=O) groups excluding carboxylic acids is 1. The average molecular weight is 352 g/mol. The molecule has 140 valence electrons. The van der Waals surface area contributed by atoms with Crippen LogP contribution in [0, 0.1) is 0 Å². The van der Waals surface area contributed by atoms with E-state index in [9.17, 15) is 9.90 Å². The molecular weight excluding hydrogens is 324 g/mol. The van der Waals surface area contributed by atoms with E-state index >= 15 is 0 Å². The van der Waals surface area contributed by atoms with Crippen molar-refractivity contribution >= 4 is 12.1 Å². The SMILES string of the molecule is CCNC(=NCC(C)(O)c1ccco1)N1CCN(C(=O)OCC)CC1. The fourth-order valence-corrected chi connectivity index (χ4v) is 2.63. The highest BCUT2D eigenvalue weighted by molar-refractivity contribution is 5.80. The van der Waals surface area contributed by atoms with Crippen LogP contribution in [-0.2, 0) is 10.3 Å². The molecule has 1 unspecified atom stereocenters. The van der Waals surface area contributed by atoms with E-state index in [0.717, 1.165) is 12.5 Å². The largest absolute Gasteiger partial charge is 0.466 e. The highest BCUT2D eigenvalue weighted by Crippen LogP contribution is 2.21. The number of piperazine rings is 1. The van der Waals surface area contributed by atoms with E-state index < -0.39 is 5.60 Å². The Labute approximate surface area is 148 Å². The molecule has 0 radical (unpaired) electrons. The number of aliphatic hydroxyl groups is 1. The summed E-state index contributed by atoms with van der Waals surface area (Å²) in [6.45, 7) is 9.24. The molecule has 8 nitrogen and oxygen atoms in total. The monoisotopic (exact) mass is 352 g/mol. The predicted octanol–water partition coefficient (Wildman–Crippen LogP) is 1.23. The fraction of sp³-hybridized carbons (Fsp3) is 0.647. The second-order valence-corrected chi connectivity index (χ2v) is 6.09. The zero-order chi connectivity index (χ0) is 18.3. The summed E-state index contributed by atoms with van der Waals surface area (Å²) in [7, 11) is 0. The topological polar surface area (TPSA) is 90.5 Å². The zero-order valence-electron chi connectivity index (χ0n) is 15.2. The van der Waals surface area contributed by atoms with E-state index in [4.69, 9.17) is 9.15 Å². The molecule has 1 aliphatic heterocycles. The number of ether oxygens (including phenoxy) is 1. The first kappa shape index (κ1) is 19.1. The van der Waals surface area contributed by atoms with Crippen molar-refractivity contribution in [3.05, 3.63) is 24.2 Å². The van der Waals surface area contributed by atoms with Crippen molar-refractivity contribution in [1.29, 1.82) is 0 Å². The molecule has 1 fully saturated rings. The summed E-state index contributed by atoms with van der Waals surface area (Å²) in [5.41, 5.74) is -1.17. The Bertz CT molecular complexity index is 563. The van der Waals surface area contributed by atoms with E-state index in [0.29, 0.717) is 38.5 Å². The summed E-state index contributed by atoms with van der Waals surface area (Å²) in [6.07, 6.45) is 1.26. The minimum atomic E-state index is -1.17. The Hall–Kier alpha value is -2.22. The van der Waals surface area contributed by atoms with Crippen molar-refractivity contribution in [3.8, 4) is 0 Å².